The van der Waals surface area contributed by atoms with E-state index in [1.165, 1.54) is 4.31 Å². The molecule has 0 bridgehead atoms. The minimum absolute atomic E-state index is 0.218. The van der Waals surface area contributed by atoms with Crippen LogP contribution in [-0.4, -0.2) is 57.3 Å². The van der Waals surface area contributed by atoms with Gasteiger partial charge in [-0.15, -0.1) is 0 Å². The Hall–Kier alpha value is -2.91. The molecule has 2 aromatic rings. The van der Waals surface area contributed by atoms with E-state index >= 15 is 0 Å². The fraction of sp³-hybridized carbons (Fsp3) is 0.417. The van der Waals surface area contributed by atoms with Crippen LogP contribution in [0, 0.1) is 5.92 Å². The molecule has 0 aromatic heterocycles. The van der Waals surface area contributed by atoms with E-state index in [9.17, 15) is 18.0 Å². The van der Waals surface area contributed by atoms with Gasteiger partial charge in [0.05, 0.1) is 12.0 Å². The summed E-state index contributed by atoms with van der Waals surface area (Å²) in [5.41, 5.74) is 1.07. The summed E-state index contributed by atoms with van der Waals surface area (Å²) in [6.07, 6.45) is 1.51. The average molecular weight is 474 g/mol. The van der Waals surface area contributed by atoms with E-state index in [1.54, 1.807) is 44.4 Å². The third-order valence-corrected chi connectivity index (χ3v) is 7.74. The second-order valence-corrected chi connectivity index (χ2v) is 10.0. The number of carbonyl (C=O) groups excluding carboxylic acids is 2. The molecule has 0 saturated carbocycles. The molecule has 2 N–H and O–H groups in total. The van der Waals surface area contributed by atoms with E-state index in [1.807, 2.05) is 24.3 Å². The van der Waals surface area contributed by atoms with Crippen molar-refractivity contribution in [3.8, 4) is 5.75 Å². The lowest BCUT2D eigenvalue weighted by molar-refractivity contribution is -0.131. The number of piperidine rings is 1. The molecule has 1 heterocycles. The Morgan fingerprint density at radius 1 is 1.06 bits per heavy atom. The molecule has 8 nitrogen and oxygen atoms in total. The molecule has 33 heavy (non-hydrogen) atoms. The normalized spacial score (nSPS) is 16.1. The smallest absolute Gasteiger partial charge is 0.243 e. The highest BCUT2D eigenvalue weighted by Gasteiger charge is 2.32. The molecule has 0 unspecified atom stereocenters. The molecular weight excluding hydrogens is 442 g/mol. The second kappa shape index (κ2) is 11.3. The van der Waals surface area contributed by atoms with Gasteiger partial charge in [-0.3, -0.25) is 9.59 Å². The molecule has 1 aliphatic rings. The number of carbonyl (C=O) groups is 2. The Labute approximate surface area is 195 Å². The lowest BCUT2D eigenvalue weighted by Gasteiger charge is -2.31. The summed E-state index contributed by atoms with van der Waals surface area (Å²) < 4.78 is 32.0. The number of benzene rings is 2. The molecule has 1 aliphatic heterocycles. The van der Waals surface area contributed by atoms with Crippen LogP contribution < -0.4 is 15.4 Å². The Balaban J connectivity index is 1.42. The van der Waals surface area contributed by atoms with Gasteiger partial charge in [0.25, 0.3) is 0 Å². The molecule has 0 radical (unpaired) electrons. The number of methoxy groups -OCH3 is 1. The first-order valence-corrected chi connectivity index (χ1v) is 12.5. The topological polar surface area (TPSA) is 105 Å². The highest BCUT2D eigenvalue weighted by Crippen LogP contribution is 2.24. The second-order valence-electron chi connectivity index (χ2n) is 8.11. The maximum Gasteiger partial charge on any atom is 0.243 e. The van der Waals surface area contributed by atoms with E-state index in [2.05, 4.69) is 10.6 Å². The van der Waals surface area contributed by atoms with Crippen molar-refractivity contribution in [2.75, 3.05) is 26.7 Å². The minimum Gasteiger partial charge on any atom is -0.497 e. The highest BCUT2D eigenvalue weighted by atomic mass is 32.2. The molecular formula is C24H31N3O5S. The number of nitrogens with one attached hydrogen (secondary N) is 2. The van der Waals surface area contributed by atoms with Crippen LogP contribution in [0.15, 0.2) is 59.5 Å². The van der Waals surface area contributed by atoms with E-state index in [0.717, 1.165) is 11.3 Å². The molecule has 1 saturated heterocycles. The SMILES string of the molecule is COc1ccc(CCNC(=O)[C@@H](C)NC(=O)C2CCN(S(=O)(=O)c3ccccc3)CC2)cc1. The van der Waals surface area contributed by atoms with Crippen molar-refractivity contribution in [1.82, 2.24) is 14.9 Å². The average Bonchev–Trinajstić information content (AvgIpc) is 2.85. The molecule has 178 valence electrons. The van der Waals surface area contributed by atoms with E-state index < -0.39 is 16.1 Å². The molecule has 0 spiro atoms. The van der Waals surface area contributed by atoms with Crippen molar-refractivity contribution < 1.29 is 22.7 Å². The van der Waals surface area contributed by atoms with Crippen LogP contribution in [0.5, 0.6) is 5.75 Å². The monoisotopic (exact) mass is 473 g/mol. The molecule has 1 atom stereocenters. The summed E-state index contributed by atoms with van der Waals surface area (Å²) in [6, 6.07) is 15.3. The van der Waals surface area contributed by atoms with E-state index in [-0.39, 0.29) is 35.7 Å². The Kier molecular flexibility index (Phi) is 8.46. The summed E-state index contributed by atoms with van der Waals surface area (Å²) in [6.45, 7) is 2.66. The van der Waals surface area contributed by atoms with Gasteiger partial charge in [-0.2, -0.15) is 4.31 Å². The van der Waals surface area contributed by atoms with Crippen molar-refractivity contribution in [2.45, 2.75) is 37.1 Å². The molecule has 9 heteroatoms. The van der Waals surface area contributed by atoms with Gasteiger partial charge in [0.1, 0.15) is 11.8 Å². The Morgan fingerprint density at radius 3 is 2.30 bits per heavy atom. The fourth-order valence-corrected chi connectivity index (χ4v) is 5.26. The molecule has 2 aromatic carbocycles. The number of ether oxygens (including phenoxy) is 1. The van der Waals surface area contributed by atoms with Crippen LogP contribution >= 0.6 is 0 Å². The number of hydrogen-bond donors (Lipinski definition) is 2. The van der Waals surface area contributed by atoms with Crippen LogP contribution in [0.4, 0.5) is 0 Å². The van der Waals surface area contributed by atoms with Gasteiger partial charge < -0.3 is 15.4 Å². The molecule has 3 rings (SSSR count). The number of rotatable bonds is 9. The van der Waals surface area contributed by atoms with Gasteiger partial charge in [-0.05, 0) is 56.0 Å². The summed E-state index contributed by atoms with van der Waals surface area (Å²) in [4.78, 5) is 25.2. The number of amides is 2. The van der Waals surface area contributed by atoms with Crippen molar-refractivity contribution in [3.63, 3.8) is 0 Å². The predicted octanol–water partition coefficient (Wildman–Crippen LogP) is 1.96. The van der Waals surface area contributed by atoms with Crippen LogP contribution in [-0.2, 0) is 26.0 Å². The number of hydrogen-bond acceptors (Lipinski definition) is 5. The zero-order valence-electron chi connectivity index (χ0n) is 19.0. The standard InChI is InChI=1S/C24H31N3O5S/c1-18(23(28)25-15-12-19-8-10-21(32-2)11-9-19)26-24(29)20-13-16-27(17-14-20)33(30,31)22-6-4-3-5-7-22/h3-11,18,20H,12-17H2,1-2H3,(H,25,28)(H,26,29)/t18-/m1/s1. The Bertz CT molecular complexity index is 1030. The summed E-state index contributed by atoms with van der Waals surface area (Å²) in [5, 5.41) is 5.60. The van der Waals surface area contributed by atoms with Crippen LogP contribution in [0.3, 0.4) is 0 Å². The van der Waals surface area contributed by atoms with Gasteiger partial charge >= 0.3 is 0 Å². The first-order chi connectivity index (χ1) is 15.8. The lowest BCUT2D eigenvalue weighted by atomic mass is 9.97. The van der Waals surface area contributed by atoms with Gasteiger partial charge in [0.15, 0.2) is 0 Å². The van der Waals surface area contributed by atoms with Crippen LogP contribution in [0.2, 0.25) is 0 Å². The van der Waals surface area contributed by atoms with Crippen molar-refractivity contribution in [3.05, 3.63) is 60.2 Å². The van der Waals surface area contributed by atoms with Crippen molar-refractivity contribution >= 4 is 21.8 Å². The van der Waals surface area contributed by atoms with Crippen molar-refractivity contribution in [1.29, 1.82) is 0 Å². The van der Waals surface area contributed by atoms with Gasteiger partial charge in [-0.25, -0.2) is 8.42 Å². The van der Waals surface area contributed by atoms with Crippen LogP contribution in [0.25, 0.3) is 0 Å². The molecule has 0 aliphatic carbocycles. The summed E-state index contributed by atoms with van der Waals surface area (Å²) in [5.74, 6) is -0.00472. The maximum absolute atomic E-state index is 12.7. The summed E-state index contributed by atoms with van der Waals surface area (Å²) in [7, 11) is -1.94. The molecule has 2 amide bonds. The van der Waals surface area contributed by atoms with Gasteiger partial charge in [-0.1, -0.05) is 30.3 Å². The number of nitrogens with zero attached hydrogens (tertiary/aromatic N) is 1. The summed E-state index contributed by atoms with van der Waals surface area (Å²) >= 11 is 0. The minimum atomic E-state index is -3.55. The quantitative estimate of drug-likeness (QED) is 0.579. The van der Waals surface area contributed by atoms with Crippen molar-refractivity contribution in [2.24, 2.45) is 5.92 Å². The van der Waals surface area contributed by atoms with Gasteiger partial charge in [0.2, 0.25) is 21.8 Å². The van der Waals surface area contributed by atoms with E-state index in [4.69, 9.17) is 4.74 Å². The maximum atomic E-state index is 12.7. The molecule has 1 fully saturated rings. The number of sulfonamides is 1. The fourth-order valence-electron chi connectivity index (χ4n) is 3.77. The zero-order valence-corrected chi connectivity index (χ0v) is 19.8. The van der Waals surface area contributed by atoms with E-state index in [0.29, 0.717) is 25.8 Å². The van der Waals surface area contributed by atoms with Gasteiger partial charge in [0, 0.05) is 25.6 Å². The third-order valence-electron chi connectivity index (χ3n) is 5.83. The predicted molar refractivity (Wildman–Crippen MR) is 125 cm³/mol. The first kappa shape index (κ1) is 24.7. The zero-order chi connectivity index (χ0) is 23.8. The highest BCUT2D eigenvalue weighted by molar-refractivity contribution is 7.89. The van der Waals surface area contributed by atoms with Crippen LogP contribution in [0.1, 0.15) is 25.3 Å². The first-order valence-electron chi connectivity index (χ1n) is 11.1. The third kappa shape index (κ3) is 6.55. The lowest BCUT2D eigenvalue weighted by Crippen LogP contribution is -2.49. The Morgan fingerprint density at radius 2 is 1.70 bits per heavy atom. The largest absolute Gasteiger partial charge is 0.497 e.